The number of nitrogens with zero attached hydrogens (tertiary/aromatic N) is 2. The highest BCUT2D eigenvalue weighted by atomic mass is 32.2. The van der Waals surface area contributed by atoms with Crippen LogP contribution in [0.25, 0.3) is 0 Å². The number of hydrogen-bond donors (Lipinski definition) is 1. The minimum Gasteiger partial charge on any atom is -0.370 e. The monoisotopic (exact) mass is 253 g/mol. The first kappa shape index (κ1) is 14.3. The predicted molar refractivity (Wildman–Crippen MR) is 76.6 cm³/mol. The van der Waals surface area contributed by atoms with E-state index < -0.39 is 0 Å². The van der Waals surface area contributed by atoms with Crippen LogP contribution in [0.2, 0.25) is 0 Å². The van der Waals surface area contributed by atoms with E-state index in [4.69, 9.17) is 0 Å². The van der Waals surface area contributed by atoms with Gasteiger partial charge in [-0.05, 0) is 25.5 Å². The van der Waals surface area contributed by atoms with E-state index in [1.807, 2.05) is 11.8 Å². The molecule has 0 aliphatic rings. The number of anilines is 1. The topological polar surface area (TPSA) is 37.8 Å². The lowest BCUT2D eigenvalue weighted by atomic mass is 10.2. The molecule has 0 amide bonds. The summed E-state index contributed by atoms with van der Waals surface area (Å²) in [6.45, 7) is 7.38. The van der Waals surface area contributed by atoms with Gasteiger partial charge >= 0.3 is 0 Å². The Balaban J connectivity index is 2.72. The van der Waals surface area contributed by atoms with E-state index in [0.717, 1.165) is 42.5 Å². The van der Waals surface area contributed by atoms with Crippen molar-refractivity contribution in [2.75, 3.05) is 17.6 Å². The third kappa shape index (κ3) is 5.39. The molecule has 0 spiro atoms. The van der Waals surface area contributed by atoms with Gasteiger partial charge in [0.05, 0.1) is 5.75 Å². The molecule has 0 saturated carbocycles. The number of thioether (sulfide) groups is 1. The molecule has 0 radical (unpaired) electrons. The first-order valence-corrected chi connectivity index (χ1v) is 7.64. The second-order valence-electron chi connectivity index (χ2n) is 3.99. The fourth-order valence-electron chi connectivity index (χ4n) is 1.58. The summed E-state index contributed by atoms with van der Waals surface area (Å²) in [4.78, 5) is 9.14. The molecule has 1 rings (SSSR count). The lowest BCUT2D eigenvalue weighted by Gasteiger charge is -2.08. The highest BCUT2D eigenvalue weighted by Crippen LogP contribution is 2.14. The van der Waals surface area contributed by atoms with Gasteiger partial charge in [-0.1, -0.05) is 20.3 Å². The lowest BCUT2D eigenvalue weighted by molar-refractivity contribution is 0.853. The average Bonchev–Trinajstić information content (AvgIpc) is 2.30. The Kier molecular flexibility index (Phi) is 7.01. The van der Waals surface area contributed by atoms with Gasteiger partial charge in [-0.25, -0.2) is 9.97 Å². The van der Waals surface area contributed by atoms with Crippen LogP contribution in [-0.4, -0.2) is 22.3 Å². The zero-order valence-electron chi connectivity index (χ0n) is 11.1. The van der Waals surface area contributed by atoms with Gasteiger partial charge in [0, 0.05) is 18.3 Å². The van der Waals surface area contributed by atoms with Gasteiger partial charge < -0.3 is 5.32 Å². The molecule has 1 aromatic rings. The Morgan fingerprint density at radius 3 is 2.65 bits per heavy atom. The van der Waals surface area contributed by atoms with Crippen LogP contribution >= 0.6 is 11.8 Å². The van der Waals surface area contributed by atoms with Crippen molar-refractivity contribution in [1.82, 2.24) is 9.97 Å². The van der Waals surface area contributed by atoms with E-state index in [1.54, 1.807) is 0 Å². The zero-order valence-corrected chi connectivity index (χ0v) is 11.9. The standard InChI is InChI=1S/C13H23N3S/c1-4-7-11-9-12(14-6-3)16-13(15-11)10-17-8-5-2/h9H,4-8,10H2,1-3H3,(H,14,15,16). The van der Waals surface area contributed by atoms with E-state index in [9.17, 15) is 0 Å². The van der Waals surface area contributed by atoms with Gasteiger partial charge in [0.25, 0.3) is 0 Å². The van der Waals surface area contributed by atoms with E-state index in [1.165, 1.54) is 12.2 Å². The van der Waals surface area contributed by atoms with Crippen molar-refractivity contribution in [3.63, 3.8) is 0 Å². The Morgan fingerprint density at radius 2 is 2.00 bits per heavy atom. The van der Waals surface area contributed by atoms with E-state index >= 15 is 0 Å². The molecule has 1 heterocycles. The first-order chi connectivity index (χ1) is 8.30. The van der Waals surface area contributed by atoms with E-state index in [-0.39, 0.29) is 0 Å². The molecule has 0 aliphatic carbocycles. The van der Waals surface area contributed by atoms with Crippen LogP contribution in [0, 0.1) is 0 Å². The van der Waals surface area contributed by atoms with Crippen LogP contribution in [0.5, 0.6) is 0 Å². The van der Waals surface area contributed by atoms with Crippen molar-refractivity contribution in [3.8, 4) is 0 Å². The molecular weight excluding hydrogens is 230 g/mol. The third-order valence-electron chi connectivity index (χ3n) is 2.27. The maximum Gasteiger partial charge on any atom is 0.140 e. The Hall–Kier alpha value is -0.770. The Bertz CT molecular complexity index is 304. The number of aryl methyl sites for hydroxylation is 1. The molecule has 0 bridgehead atoms. The molecule has 0 atom stereocenters. The van der Waals surface area contributed by atoms with Crippen LogP contribution in [0.15, 0.2) is 6.07 Å². The summed E-state index contributed by atoms with van der Waals surface area (Å²) in [5.74, 6) is 4.03. The van der Waals surface area contributed by atoms with Crippen molar-refractivity contribution >= 4 is 17.6 Å². The van der Waals surface area contributed by atoms with Crippen LogP contribution in [0.4, 0.5) is 5.82 Å². The molecule has 0 aliphatic heterocycles. The quantitative estimate of drug-likeness (QED) is 0.720. The first-order valence-electron chi connectivity index (χ1n) is 6.48. The maximum absolute atomic E-state index is 4.61. The second kappa shape index (κ2) is 8.34. The van der Waals surface area contributed by atoms with Crippen molar-refractivity contribution in [2.24, 2.45) is 0 Å². The maximum atomic E-state index is 4.61. The molecule has 0 fully saturated rings. The fraction of sp³-hybridized carbons (Fsp3) is 0.692. The number of hydrogen-bond acceptors (Lipinski definition) is 4. The largest absolute Gasteiger partial charge is 0.370 e. The fourth-order valence-corrected chi connectivity index (χ4v) is 2.33. The Morgan fingerprint density at radius 1 is 1.18 bits per heavy atom. The minimum absolute atomic E-state index is 0.907. The summed E-state index contributed by atoms with van der Waals surface area (Å²) in [5.41, 5.74) is 1.16. The number of aromatic nitrogens is 2. The summed E-state index contributed by atoms with van der Waals surface area (Å²) < 4.78 is 0. The van der Waals surface area contributed by atoms with Gasteiger partial charge in [-0.3, -0.25) is 0 Å². The van der Waals surface area contributed by atoms with E-state index in [2.05, 4.69) is 42.1 Å². The normalized spacial score (nSPS) is 10.5. The molecular formula is C13H23N3S. The summed E-state index contributed by atoms with van der Waals surface area (Å²) in [6, 6.07) is 2.07. The average molecular weight is 253 g/mol. The van der Waals surface area contributed by atoms with Crippen molar-refractivity contribution in [1.29, 1.82) is 0 Å². The lowest BCUT2D eigenvalue weighted by Crippen LogP contribution is -2.05. The molecule has 3 nitrogen and oxygen atoms in total. The third-order valence-corrected chi connectivity index (χ3v) is 3.43. The molecule has 96 valence electrons. The molecule has 0 aromatic carbocycles. The summed E-state index contributed by atoms with van der Waals surface area (Å²) in [6.07, 6.45) is 3.37. The van der Waals surface area contributed by atoms with Crippen LogP contribution < -0.4 is 5.32 Å². The zero-order chi connectivity index (χ0) is 12.5. The van der Waals surface area contributed by atoms with Gasteiger partial charge in [-0.15, -0.1) is 0 Å². The van der Waals surface area contributed by atoms with Gasteiger partial charge in [0.1, 0.15) is 11.6 Å². The van der Waals surface area contributed by atoms with E-state index in [0.29, 0.717) is 0 Å². The number of rotatable bonds is 8. The molecule has 0 saturated heterocycles. The molecule has 17 heavy (non-hydrogen) atoms. The van der Waals surface area contributed by atoms with Gasteiger partial charge in [0.2, 0.25) is 0 Å². The molecule has 4 heteroatoms. The van der Waals surface area contributed by atoms with Crippen LogP contribution in [-0.2, 0) is 12.2 Å². The van der Waals surface area contributed by atoms with Crippen LogP contribution in [0.3, 0.4) is 0 Å². The van der Waals surface area contributed by atoms with Crippen LogP contribution in [0.1, 0.15) is 45.1 Å². The van der Waals surface area contributed by atoms with Crippen molar-refractivity contribution < 1.29 is 0 Å². The summed E-state index contributed by atoms with van der Waals surface area (Å²) in [7, 11) is 0. The van der Waals surface area contributed by atoms with Crippen molar-refractivity contribution in [3.05, 3.63) is 17.6 Å². The SMILES string of the molecule is CCCSCc1nc(CCC)cc(NCC)n1. The summed E-state index contributed by atoms with van der Waals surface area (Å²) in [5, 5.41) is 3.28. The minimum atomic E-state index is 0.907. The number of nitrogens with one attached hydrogen (secondary N) is 1. The second-order valence-corrected chi connectivity index (χ2v) is 5.10. The molecule has 0 unspecified atom stereocenters. The van der Waals surface area contributed by atoms with Gasteiger partial charge in [0.15, 0.2) is 0 Å². The van der Waals surface area contributed by atoms with Crippen molar-refractivity contribution in [2.45, 2.75) is 45.8 Å². The smallest absolute Gasteiger partial charge is 0.140 e. The summed E-state index contributed by atoms with van der Waals surface area (Å²) >= 11 is 1.91. The molecule has 1 aromatic heterocycles. The predicted octanol–water partition coefficient (Wildman–Crippen LogP) is 3.50. The van der Waals surface area contributed by atoms with Gasteiger partial charge in [-0.2, -0.15) is 11.8 Å². The Labute approximate surface area is 109 Å². The molecule has 1 N–H and O–H groups in total. The highest BCUT2D eigenvalue weighted by Gasteiger charge is 2.04. The highest BCUT2D eigenvalue weighted by molar-refractivity contribution is 7.98.